The number of ether oxygens (including phenoxy) is 3. The lowest BCUT2D eigenvalue weighted by molar-refractivity contribution is -0.167. The van der Waals surface area contributed by atoms with Crippen molar-refractivity contribution in [1.29, 1.82) is 0 Å². The average Bonchev–Trinajstić information content (AvgIpc) is 3.41. The third-order valence-electron chi connectivity index (χ3n) is 14.2. The minimum atomic E-state index is -0.792. The van der Waals surface area contributed by atoms with Gasteiger partial charge in [0.25, 0.3) is 0 Å². The molecule has 0 aromatic heterocycles. The molecule has 1 atom stereocenters. The van der Waals surface area contributed by atoms with Crippen LogP contribution in [0.1, 0.15) is 329 Å². The smallest absolute Gasteiger partial charge is 0.306 e. The van der Waals surface area contributed by atoms with Crippen LogP contribution in [0.3, 0.4) is 0 Å². The van der Waals surface area contributed by atoms with Gasteiger partial charge in [-0.05, 0) is 116 Å². The molecule has 0 aliphatic carbocycles. The lowest BCUT2D eigenvalue weighted by atomic mass is 10.1. The summed E-state index contributed by atoms with van der Waals surface area (Å²) in [4.78, 5) is 38.4. The van der Waals surface area contributed by atoms with Gasteiger partial charge in [0, 0.05) is 19.3 Å². The number of carbonyl (C=O) groups is 3. The molecule has 0 heterocycles. The highest BCUT2D eigenvalue weighted by atomic mass is 16.6. The summed E-state index contributed by atoms with van der Waals surface area (Å²) < 4.78 is 16.9. The van der Waals surface area contributed by atoms with Gasteiger partial charge in [0.05, 0.1) is 0 Å². The highest BCUT2D eigenvalue weighted by molar-refractivity contribution is 5.71. The minimum absolute atomic E-state index is 0.0860. The third kappa shape index (κ3) is 61.6. The zero-order valence-electron chi connectivity index (χ0n) is 49.8. The fraction of sp³-hybridized carbons (Fsp3) is 0.783. The van der Waals surface area contributed by atoms with E-state index in [9.17, 15) is 14.4 Å². The first-order valence-electron chi connectivity index (χ1n) is 32.4. The van der Waals surface area contributed by atoms with Crippen molar-refractivity contribution < 1.29 is 28.6 Å². The molecule has 0 unspecified atom stereocenters. The topological polar surface area (TPSA) is 78.9 Å². The van der Waals surface area contributed by atoms with Crippen molar-refractivity contribution in [3.8, 4) is 0 Å². The maximum atomic E-state index is 12.9. The first kappa shape index (κ1) is 71.8. The van der Waals surface area contributed by atoms with Crippen molar-refractivity contribution in [3.05, 3.63) is 72.9 Å². The summed E-state index contributed by atoms with van der Waals surface area (Å²) in [5, 5.41) is 0. The molecule has 6 heteroatoms. The van der Waals surface area contributed by atoms with Gasteiger partial charge in [0.1, 0.15) is 13.2 Å². The van der Waals surface area contributed by atoms with E-state index in [2.05, 4.69) is 93.7 Å². The summed E-state index contributed by atoms with van der Waals surface area (Å²) in [5.74, 6) is -0.907. The van der Waals surface area contributed by atoms with Gasteiger partial charge in [-0.1, -0.05) is 267 Å². The van der Waals surface area contributed by atoms with Crippen LogP contribution in [0.5, 0.6) is 0 Å². The van der Waals surface area contributed by atoms with Gasteiger partial charge in [-0.3, -0.25) is 14.4 Å². The Morgan fingerprint density at radius 2 is 0.480 bits per heavy atom. The Labute approximate surface area is 465 Å². The van der Waals surface area contributed by atoms with Crippen LogP contribution < -0.4 is 0 Å². The van der Waals surface area contributed by atoms with Crippen molar-refractivity contribution in [2.24, 2.45) is 0 Å². The highest BCUT2D eigenvalue weighted by Gasteiger charge is 2.19. The summed E-state index contributed by atoms with van der Waals surface area (Å²) in [6.07, 6.45) is 81.8. The van der Waals surface area contributed by atoms with E-state index in [0.29, 0.717) is 19.3 Å². The molecule has 0 saturated carbocycles. The molecule has 0 N–H and O–H groups in total. The first-order chi connectivity index (χ1) is 37.0. The lowest BCUT2D eigenvalue weighted by Crippen LogP contribution is -2.30. The van der Waals surface area contributed by atoms with Crippen molar-refractivity contribution in [2.45, 2.75) is 335 Å². The van der Waals surface area contributed by atoms with E-state index in [4.69, 9.17) is 14.2 Å². The Balaban J connectivity index is 4.42. The van der Waals surface area contributed by atoms with E-state index >= 15 is 0 Å². The van der Waals surface area contributed by atoms with Crippen molar-refractivity contribution in [1.82, 2.24) is 0 Å². The first-order valence-corrected chi connectivity index (χ1v) is 32.4. The molecule has 75 heavy (non-hydrogen) atoms. The maximum Gasteiger partial charge on any atom is 0.306 e. The minimum Gasteiger partial charge on any atom is -0.462 e. The predicted octanol–water partition coefficient (Wildman–Crippen LogP) is 22.1. The fourth-order valence-electron chi connectivity index (χ4n) is 9.24. The van der Waals surface area contributed by atoms with Crippen LogP contribution in [0.15, 0.2) is 72.9 Å². The van der Waals surface area contributed by atoms with Gasteiger partial charge in [0.2, 0.25) is 0 Å². The monoisotopic (exact) mass is 1050 g/mol. The standard InChI is InChI=1S/C69H122O6/c1-4-7-10-13-16-19-22-25-28-31-34-37-40-43-46-49-52-55-58-61-67(70)73-64-66(75-69(72)63-60-57-54-51-48-45-42-39-36-33-30-27-24-21-18-15-12-9-6-3)65-74-68(71)62-59-56-53-50-47-44-41-38-35-32-29-26-23-20-17-14-11-8-5-2/h16,19,25-30,34,37,43,46,66H,4-15,17-18,20-24,31-33,35-36,38-42,44-45,47-65H2,1-3H3/b19-16+,28-25+,29-26+,30-27+,37-34+,46-43+/t66-/m0/s1. The quantitative estimate of drug-likeness (QED) is 0.0261. The Bertz CT molecular complexity index is 1390. The summed E-state index contributed by atoms with van der Waals surface area (Å²) in [5.41, 5.74) is 0. The van der Waals surface area contributed by atoms with Crippen LogP contribution in [0.2, 0.25) is 0 Å². The molecule has 0 spiro atoms. The van der Waals surface area contributed by atoms with Crippen LogP contribution in [0.25, 0.3) is 0 Å². The molecule has 0 aliphatic heterocycles. The number of allylic oxidation sites excluding steroid dienone is 12. The van der Waals surface area contributed by atoms with Gasteiger partial charge in [-0.25, -0.2) is 0 Å². The average molecular weight is 1050 g/mol. The lowest BCUT2D eigenvalue weighted by Gasteiger charge is -2.18. The van der Waals surface area contributed by atoms with E-state index in [1.54, 1.807) is 0 Å². The second-order valence-electron chi connectivity index (χ2n) is 21.7. The molecule has 0 bridgehead atoms. The molecule has 0 fully saturated rings. The van der Waals surface area contributed by atoms with Crippen LogP contribution in [-0.4, -0.2) is 37.2 Å². The molecule has 6 nitrogen and oxygen atoms in total. The normalized spacial score (nSPS) is 12.5. The number of hydrogen-bond donors (Lipinski definition) is 0. The molecule has 0 aromatic rings. The van der Waals surface area contributed by atoms with E-state index in [1.165, 1.54) is 205 Å². The molecule has 0 aromatic carbocycles. The summed E-state index contributed by atoms with van der Waals surface area (Å²) >= 11 is 0. The molecule has 0 aliphatic rings. The predicted molar refractivity (Wildman–Crippen MR) is 325 cm³/mol. The van der Waals surface area contributed by atoms with E-state index in [1.807, 2.05) is 0 Å². The van der Waals surface area contributed by atoms with Crippen LogP contribution >= 0.6 is 0 Å². The fourth-order valence-corrected chi connectivity index (χ4v) is 9.24. The highest BCUT2D eigenvalue weighted by Crippen LogP contribution is 2.16. The molecular formula is C69H122O6. The van der Waals surface area contributed by atoms with Gasteiger partial charge in [0.15, 0.2) is 6.10 Å². The van der Waals surface area contributed by atoms with E-state index < -0.39 is 6.10 Å². The van der Waals surface area contributed by atoms with Gasteiger partial charge >= 0.3 is 17.9 Å². The Hall–Kier alpha value is -3.15. The maximum absolute atomic E-state index is 12.9. The van der Waals surface area contributed by atoms with Crippen molar-refractivity contribution in [2.75, 3.05) is 13.2 Å². The van der Waals surface area contributed by atoms with Gasteiger partial charge in [-0.15, -0.1) is 0 Å². The number of carbonyl (C=O) groups excluding carboxylic acids is 3. The summed E-state index contributed by atoms with van der Waals surface area (Å²) in [7, 11) is 0. The van der Waals surface area contributed by atoms with Crippen LogP contribution in [0, 0.1) is 0 Å². The molecular weight excluding hydrogens is 925 g/mol. The summed E-state index contributed by atoms with van der Waals surface area (Å²) in [6, 6.07) is 0. The SMILES string of the molecule is CCCCC/C=C/C/C=C/C/C=C/C/C=C/CCCCCC(=O)OC[C@@H](COC(=O)CCCCCCCCCCC/C=C/CCCCCCCC)OC(=O)CCCCCCCCCCC/C=C/CCCCCCCC. The van der Waals surface area contributed by atoms with E-state index in [0.717, 1.165) is 83.5 Å². The largest absolute Gasteiger partial charge is 0.462 e. The molecule has 0 saturated heterocycles. The van der Waals surface area contributed by atoms with Crippen molar-refractivity contribution >= 4 is 17.9 Å². The number of rotatable bonds is 59. The van der Waals surface area contributed by atoms with Crippen LogP contribution in [-0.2, 0) is 28.6 Å². The number of unbranched alkanes of at least 4 members (excludes halogenated alkanes) is 36. The number of hydrogen-bond acceptors (Lipinski definition) is 6. The van der Waals surface area contributed by atoms with Crippen LogP contribution in [0.4, 0.5) is 0 Å². The molecule has 0 amide bonds. The number of esters is 3. The zero-order chi connectivity index (χ0) is 54.3. The second kappa shape index (κ2) is 63.4. The third-order valence-corrected chi connectivity index (χ3v) is 14.2. The van der Waals surface area contributed by atoms with Gasteiger partial charge in [-0.2, -0.15) is 0 Å². The molecule has 434 valence electrons. The Morgan fingerprint density at radius 3 is 0.800 bits per heavy atom. The Kier molecular flexibility index (Phi) is 60.7. The zero-order valence-corrected chi connectivity index (χ0v) is 49.8. The second-order valence-corrected chi connectivity index (χ2v) is 21.7. The van der Waals surface area contributed by atoms with Gasteiger partial charge < -0.3 is 14.2 Å². The summed E-state index contributed by atoms with van der Waals surface area (Å²) in [6.45, 7) is 6.61. The van der Waals surface area contributed by atoms with E-state index in [-0.39, 0.29) is 31.1 Å². The Morgan fingerprint density at radius 1 is 0.267 bits per heavy atom. The molecule has 0 radical (unpaired) electrons. The molecule has 0 rings (SSSR count). The van der Waals surface area contributed by atoms with Crippen molar-refractivity contribution in [3.63, 3.8) is 0 Å².